The zero-order valence-electron chi connectivity index (χ0n) is 8.77. The second-order valence-electron chi connectivity index (χ2n) is 4.28. The van der Waals surface area contributed by atoms with Crippen LogP contribution >= 0.6 is 0 Å². The summed E-state index contributed by atoms with van der Waals surface area (Å²) in [7, 11) is 0. The molecule has 3 heterocycles. The molecule has 0 aromatic carbocycles. The summed E-state index contributed by atoms with van der Waals surface area (Å²) in [5.74, 6) is 1.82. The molecule has 0 amide bonds. The number of aryl methyl sites for hydroxylation is 1. The summed E-state index contributed by atoms with van der Waals surface area (Å²) >= 11 is 0. The minimum absolute atomic E-state index is 0.735. The van der Waals surface area contributed by atoms with Crippen molar-refractivity contribution in [3.63, 3.8) is 0 Å². The molecule has 0 unspecified atom stereocenters. The van der Waals surface area contributed by atoms with Gasteiger partial charge in [-0.15, -0.1) is 10.2 Å². The lowest BCUT2D eigenvalue weighted by molar-refractivity contribution is 0.340. The normalized spacial score (nSPS) is 16.9. The van der Waals surface area contributed by atoms with Crippen LogP contribution in [-0.2, 0) is 6.42 Å². The third-order valence-corrected chi connectivity index (χ3v) is 2.97. The molecule has 1 fully saturated rings. The van der Waals surface area contributed by atoms with Crippen molar-refractivity contribution in [1.82, 2.24) is 19.9 Å². The number of fused-ring (bicyclic) bond motifs is 1. The maximum atomic E-state index is 4.24. The fourth-order valence-corrected chi connectivity index (χ4v) is 1.93. The summed E-state index contributed by atoms with van der Waals surface area (Å²) in [4.78, 5) is 0. The zero-order chi connectivity index (χ0) is 10.3. The van der Waals surface area contributed by atoms with Gasteiger partial charge in [0.15, 0.2) is 5.65 Å². The highest BCUT2D eigenvalue weighted by atomic mass is 15.2. The fourth-order valence-electron chi connectivity index (χ4n) is 1.93. The van der Waals surface area contributed by atoms with Gasteiger partial charge in [-0.25, -0.2) is 0 Å². The maximum Gasteiger partial charge on any atom is 0.161 e. The van der Waals surface area contributed by atoms with Crippen molar-refractivity contribution < 1.29 is 0 Å². The first-order chi connectivity index (χ1) is 7.33. The third-order valence-electron chi connectivity index (χ3n) is 2.97. The van der Waals surface area contributed by atoms with Crippen molar-refractivity contribution in [2.24, 2.45) is 5.92 Å². The van der Waals surface area contributed by atoms with Crippen LogP contribution in [0.3, 0.4) is 0 Å². The summed E-state index contributed by atoms with van der Waals surface area (Å²) in [5, 5.41) is 11.7. The molecular weight excluding hydrogens is 188 g/mol. The Balaban J connectivity index is 1.96. The zero-order valence-corrected chi connectivity index (χ0v) is 8.77. The summed E-state index contributed by atoms with van der Waals surface area (Å²) in [6, 6.07) is 4.16. The van der Waals surface area contributed by atoms with Crippen molar-refractivity contribution in [2.45, 2.75) is 13.3 Å². The van der Waals surface area contributed by atoms with Gasteiger partial charge < -0.3 is 5.32 Å². The minimum Gasteiger partial charge on any atom is -0.316 e. The number of hydrogen-bond donors (Lipinski definition) is 1. The molecule has 0 saturated carbocycles. The summed E-state index contributed by atoms with van der Waals surface area (Å²) in [6.45, 7) is 4.30. The molecule has 1 saturated heterocycles. The largest absolute Gasteiger partial charge is 0.316 e. The first-order valence-electron chi connectivity index (χ1n) is 5.34. The van der Waals surface area contributed by atoms with Crippen LogP contribution in [0.1, 0.15) is 11.4 Å². The second-order valence-corrected chi connectivity index (χ2v) is 4.28. The molecule has 1 aliphatic rings. The lowest BCUT2D eigenvalue weighted by Gasteiger charge is -2.26. The molecule has 1 N–H and O–H groups in total. The smallest absolute Gasteiger partial charge is 0.161 e. The van der Waals surface area contributed by atoms with Crippen LogP contribution in [0.25, 0.3) is 5.65 Å². The third kappa shape index (κ3) is 1.51. The predicted molar refractivity (Wildman–Crippen MR) is 57.8 cm³/mol. The molecule has 2 aromatic heterocycles. The van der Waals surface area contributed by atoms with Gasteiger partial charge in [-0.2, -0.15) is 0 Å². The van der Waals surface area contributed by atoms with Crippen molar-refractivity contribution in [1.29, 1.82) is 0 Å². The highest BCUT2D eigenvalue weighted by molar-refractivity contribution is 5.40. The van der Waals surface area contributed by atoms with E-state index in [1.54, 1.807) is 0 Å². The Morgan fingerprint density at radius 2 is 2.33 bits per heavy atom. The van der Waals surface area contributed by atoms with E-state index in [1.807, 2.05) is 0 Å². The van der Waals surface area contributed by atoms with E-state index in [1.165, 1.54) is 5.56 Å². The highest BCUT2D eigenvalue weighted by Crippen LogP contribution is 2.13. The quantitative estimate of drug-likeness (QED) is 0.783. The van der Waals surface area contributed by atoms with Crippen LogP contribution < -0.4 is 5.32 Å². The molecule has 0 bridgehead atoms. The minimum atomic E-state index is 0.735. The van der Waals surface area contributed by atoms with Crippen molar-refractivity contribution in [3.8, 4) is 0 Å². The van der Waals surface area contributed by atoms with E-state index in [-0.39, 0.29) is 0 Å². The Hall–Kier alpha value is -1.42. The van der Waals surface area contributed by atoms with E-state index in [2.05, 4.69) is 45.2 Å². The molecule has 1 aliphatic heterocycles. The SMILES string of the molecule is Cc1ccn2c(CC3CNC3)nnc2c1. The lowest BCUT2D eigenvalue weighted by Crippen LogP contribution is -2.43. The molecule has 0 spiro atoms. The van der Waals surface area contributed by atoms with Gasteiger partial charge in [0.1, 0.15) is 5.82 Å². The van der Waals surface area contributed by atoms with Gasteiger partial charge in [0, 0.05) is 12.6 Å². The van der Waals surface area contributed by atoms with Gasteiger partial charge in [-0.05, 0) is 43.6 Å². The van der Waals surface area contributed by atoms with Gasteiger partial charge in [0.05, 0.1) is 0 Å². The number of nitrogens with one attached hydrogen (secondary N) is 1. The highest BCUT2D eigenvalue weighted by Gasteiger charge is 2.19. The van der Waals surface area contributed by atoms with Crippen LogP contribution in [0.15, 0.2) is 18.3 Å². The topological polar surface area (TPSA) is 42.2 Å². The predicted octanol–water partition coefficient (Wildman–Crippen LogP) is 0.800. The standard InChI is InChI=1S/C11H14N4/c1-8-2-3-15-10(4-8)13-14-11(15)5-9-6-12-7-9/h2-4,9,12H,5-7H2,1H3. The first-order valence-corrected chi connectivity index (χ1v) is 5.34. The Kier molecular flexibility index (Phi) is 1.95. The van der Waals surface area contributed by atoms with E-state index < -0.39 is 0 Å². The monoisotopic (exact) mass is 202 g/mol. The van der Waals surface area contributed by atoms with Crippen LogP contribution in [-0.4, -0.2) is 27.7 Å². The molecule has 4 heteroatoms. The molecule has 0 atom stereocenters. The Labute approximate surface area is 88.3 Å². The van der Waals surface area contributed by atoms with Crippen molar-refractivity contribution in [3.05, 3.63) is 29.7 Å². The average Bonchev–Trinajstić information content (AvgIpc) is 2.54. The van der Waals surface area contributed by atoms with E-state index in [4.69, 9.17) is 0 Å². The average molecular weight is 202 g/mol. The number of pyridine rings is 1. The number of aromatic nitrogens is 3. The lowest BCUT2D eigenvalue weighted by atomic mass is 9.99. The molecule has 15 heavy (non-hydrogen) atoms. The molecule has 0 radical (unpaired) electrons. The van der Waals surface area contributed by atoms with Crippen LogP contribution in [0.4, 0.5) is 0 Å². The van der Waals surface area contributed by atoms with Crippen LogP contribution in [0.5, 0.6) is 0 Å². The van der Waals surface area contributed by atoms with Gasteiger partial charge in [0.2, 0.25) is 0 Å². The molecule has 2 aromatic rings. The molecule has 3 rings (SSSR count). The Bertz CT molecular complexity index is 484. The van der Waals surface area contributed by atoms with E-state index in [0.29, 0.717) is 0 Å². The second kappa shape index (κ2) is 3.31. The Morgan fingerprint density at radius 1 is 1.47 bits per heavy atom. The van der Waals surface area contributed by atoms with Gasteiger partial charge in [-0.3, -0.25) is 4.40 Å². The van der Waals surface area contributed by atoms with Crippen molar-refractivity contribution >= 4 is 5.65 Å². The van der Waals surface area contributed by atoms with E-state index in [0.717, 1.165) is 36.9 Å². The van der Waals surface area contributed by atoms with Crippen molar-refractivity contribution in [2.75, 3.05) is 13.1 Å². The number of rotatable bonds is 2. The van der Waals surface area contributed by atoms with Crippen LogP contribution in [0, 0.1) is 12.8 Å². The summed E-state index contributed by atoms with van der Waals surface area (Å²) < 4.78 is 2.09. The van der Waals surface area contributed by atoms with E-state index >= 15 is 0 Å². The summed E-state index contributed by atoms with van der Waals surface area (Å²) in [6.07, 6.45) is 3.09. The molecular formula is C11H14N4. The van der Waals surface area contributed by atoms with E-state index in [9.17, 15) is 0 Å². The maximum absolute atomic E-state index is 4.24. The molecule has 78 valence electrons. The van der Waals surface area contributed by atoms with Gasteiger partial charge >= 0.3 is 0 Å². The number of nitrogens with zero attached hydrogens (tertiary/aromatic N) is 3. The first kappa shape index (κ1) is 8.85. The van der Waals surface area contributed by atoms with Gasteiger partial charge in [-0.1, -0.05) is 0 Å². The van der Waals surface area contributed by atoms with Gasteiger partial charge in [0.25, 0.3) is 0 Å². The fraction of sp³-hybridized carbons (Fsp3) is 0.455. The number of hydrogen-bond acceptors (Lipinski definition) is 3. The Morgan fingerprint density at radius 3 is 3.07 bits per heavy atom. The summed E-state index contributed by atoms with van der Waals surface area (Å²) in [5.41, 5.74) is 2.18. The molecule has 0 aliphatic carbocycles. The van der Waals surface area contributed by atoms with Crippen LogP contribution in [0.2, 0.25) is 0 Å². The molecule has 4 nitrogen and oxygen atoms in total.